The minimum absolute atomic E-state index is 0.0471. The maximum Gasteiger partial charge on any atom is 0.305 e. The number of amides is 1. The summed E-state index contributed by atoms with van der Waals surface area (Å²) >= 11 is 0. The van der Waals surface area contributed by atoms with E-state index in [0.717, 1.165) is 11.3 Å². The molecule has 0 bridgehead atoms. The van der Waals surface area contributed by atoms with Crippen molar-refractivity contribution in [3.8, 4) is 0 Å². The highest BCUT2D eigenvalue weighted by Crippen LogP contribution is 2.22. The molecule has 1 aromatic heterocycles. The molecule has 0 unspecified atom stereocenters. The van der Waals surface area contributed by atoms with Crippen LogP contribution >= 0.6 is 0 Å². The van der Waals surface area contributed by atoms with Gasteiger partial charge in [-0.1, -0.05) is 0 Å². The van der Waals surface area contributed by atoms with Gasteiger partial charge in [0.15, 0.2) is 0 Å². The first-order valence-corrected chi connectivity index (χ1v) is 5.96. The number of hydrogen-bond acceptors (Lipinski definition) is 3. The minimum Gasteiger partial charge on any atom is -0.481 e. The maximum atomic E-state index is 12.3. The number of aryl methyl sites for hydroxylation is 2. The monoisotopic (exact) mass is 253 g/mol. The van der Waals surface area contributed by atoms with Crippen LogP contribution in [0.25, 0.3) is 0 Å². The van der Waals surface area contributed by atoms with Gasteiger partial charge in [0.05, 0.1) is 12.0 Å². The van der Waals surface area contributed by atoms with Crippen molar-refractivity contribution < 1.29 is 19.1 Å². The second-order valence-corrected chi connectivity index (χ2v) is 4.24. The molecule has 1 N–H and O–H groups in total. The molecule has 0 fully saturated rings. The maximum absolute atomic E-state index is 12.3. The molecule has 0 aliphatic heterocycles. The molecule has 1 rings (SSSR count). The average molecular weight is 253 g/mol. The first-order chi connectivity index (χ1) is 8.38. The Hall–Kier alpha value is -1.78. The topological polar surface area (TPSA) is 70.8 Å². The Morgan fingerprint density at radius 3 is 2.22 bits per heavy atom. The van der Waals surface area contributed by atoms with Crippen molar-refractivity contribution >= 4 is 11.9 Å². The van der Waals surface area contributed by atoms with Gasteiger partial charge in [0, 0.05) is 18.7 Å². The predicted molar refractivity (Wildman–Crippen MR) is 66.7 cm³/mol. The van der Waals surface area contributed by atoms with E-state index in [1.165, 1.54) is 4.90 Å². The zero-order valence-corrected chi connectivity index (χ0v) is 11.2. The van der Waals surface area contributed by atoms with Gasteiger partial charge in [-0.15, -0.1) is 0 Å². The summed E-state index contributed by atoms with van der Waals surface area (Å²) in [6, 6.07) is 0. The molecule has 0 spiro atoms. The summed E-state index contributed by atoms with van der Waals surface area (Å²) in [4.78, 5) is 24.4. The molecule has 5 heteroatoms. The summed E-state index contributed by atoms with van der Waals surface area (Å²) in [7, 11) is 0. The normalized spacial score (nSPS) is 10.4. The third-order valence-electron chi connectivity index (χ3n) is 3.04. The van der Waals surface area contributed by atoms with Crippen molar-refractivity contribution in [1.82, 2.24) is 4.90 Å². The summed E-state index contributed by atoms with van der Waals surface area (Å²) < 4.78 is 5.42. The van der Waals surface area contributed by atoms with Gasteiger partial charge in [0.2, 0.25) is 0 Å². The summed E-state index contributed by atoms with van der Waals surface area (Å²) in [5.74, 6) is 0.248. The second kappa shape index (κ2) is 5.71. The van der Waals surface area contributed by atoms with E-state index in [-0.39, 0.29) is 18.9 Å². The fourth-order valence-electron chi connectivity index (χ4n) is 1.90. The van der Waals surface area contributed by atoms with Crippen LogP contribution < -0.4 is 0 Å². The largest absolute Gasteiger partial charge is 0.481 e. The quantitative estimate of drug-likeness (QED) is 0.872. The van der Waals surface area contributed by atoms with Crippen molar-refractivity contribution in [2.24, 2.45) is 0 Å². The molecular weight excluding hydrogens is 234 g/mol. The predicted octanol–water partition coefficient (Wildman–Crippen LogP) is 2.14. The number of carboxylic acid groups (broad SMARTS) is 1. The highest BCUT2D eigenvalue weighted by Gasteiger charge is 2.23. The van der Waals surface area contributed by atoms with E-state index in [9.17, 15) is 9.59 Å². The van der Waals surface area contributed by atoms with E-state index in [1.54, 1.807) is 6.92 Å². The molecular formula is C13H19NO4. The van der Waals surface area contributed by atoms with Gasteiger partial charge in [-0.25, -0.2) is 0 Å². The Kier molecular flexibility index (Phi) is 4.53. The van der Waals surface area contributed by atoms with Crippen LogP contribution in [0.15, 0.2) is 4.42 Å². The summed E-state index contributed by atoms with van der Waals surface area (Å²) in [5, 5.41) is 8.67. The van der Waals surface area contributed by atoms with Crippen molar-refractivity contribution in [3.63, 3.8) is 0 Å². The lowest BCUT2D eigenvalue weighted by atomic mass is 10.1. The van der Waals surface area contributed by atoms with Crippen LogP contribution in [-0.4, -0.2) is 35.0 Å². The third-order valence-corrected chi connectivity index (χ3v) is 3.04. The fourth-order valence-corrected chi connectivity index (χ4v) is 1.90. The zero-order chi connectivity index (χ0) is 13.9. The van der Waals surface area contributed by atoms with Gasteiger partial charge in [-0.2, -0.15) is 0 Å². The van der Waals surface area contributed by atoms with Crippen LogP contribution in [0, 0.1) is 20.8 Å². The first kappa shape index (κ1) is 14.3. The van der Waals surface area contributed by atoms with Gasteiger partial charge in [0.1, 0.15) is 11.5 Å². The second-order valence-electron chi connectivity index (χ2n) is 4.24. The number of carbonyl (C=O) groups is 2. The van der Waals surface area contributed by atoms with Crippen molar-refractivity contribution in [3.05, 3.63) is 22.6 Å². The van der Waals surface area contributed by atoms with E-state index in [2.05, 4.69) is 0 Å². The van der Waals surface area contributed by atoms with Crippen molar-refractivity contribution in [2.45, 2.75) is 34.1 Å². The van der Waals surface area contributed by atoms with Crippen LogP contribution in [0.3, 0.4) is 0 Å². The highest BCUT2D eigenvalue weighted by molar-refractivity contribution is 5.97. The molecule has 0 saturated carbocycles. The lowest BCUT2D eigenvalue weighted by Crippen LogP contribution is -2.33. The molecule has 0 aliphatic rings. The Morgan fingerprint density at radius 1 is 1.22 bits per heavy atom. The van der Waals surface area contributed by atoms with Crippen LogP contribution in [0.2, 0.25) is 0 Å². The lowest BCUT2D eigenvalue weighted by Gasteiger charge is -2.20. The van der Waals surface area contributed by atoms with E-state index in [1.807, 2.05) is 20.8 Å². The van der Waals surface area contributed by atoms with Gasteiger partial charge in [-0.05, 0) is 27.7 Å². The molecule has 0 atom stereocenters. The van der Waals surface area contributed by atoms with Crippen LogP contribution in [-0.2, 0) is 4.79 Å². The summed E-state index contributed by atoms with van der Waals surface area (Å²) in [5.41, 5.74) is 1.38. The fraction of sp³-hybridized carbons (Fsp3) is 0.538. The Bertz CT molecular complexity index is 462. The molecule has 1 amide bonds. The Labute approximate surface area is 106 Å². The SMILES string of the molecule is CCN(CCC(=O)O)C(=O)c1c(C)oc(C)c1C. The number of carboxylic acids is 1. The highest BCUT2D eigenvalue weighted by atomic mass is 16.4. The van der Waals surface area contributed by atoms with Crippen LogP contribution in [0.5, 0.6) is 0 Å². The number of hydrogen-bond donors (Lipinski definition) is 1. The molecule has 0 saturated heterocycles. The Balaban J connectivity index is 2.93. The Morgan fingerprint density at radius 2 is 1.83 bits per heavy atom. The number of carbonyl (C=O) groups excluding carboxylic acids is 1. The van der Waals surface area contributed by atoms with Crippen molar-refractivity contribution in [2.75, 3.05) is 13.1 Å². The molecule has 5 nitrogen and oxygen atoms in total. The van der Waals surface area contributed by atoms with Gasteiger partial charge in [-0.3, -0.25) is 9.59 Å². The molecule has 0 radical (unpaired) electrons. The number of nitrogens with zero attached hydrogens (tertiary/aromatic N) is 1. The van der Waals surface area contributed by atoms with Crippen LogP contribution in [0.1, 0.15) is 40.8 Å². The van der Waals surface area contributed by atoms with Crippen LogP contribution in [0.4, 0.5) is 0 Å². The third kappa shape index (κ3) is 2.91. The van der Waals surface area contributed by atoms with Crippen molar-refractivity contribution in [1.29, 1.82) is 0 Å². The molecule has 1 heterocycles. The molecule has 18 heavy (non-hydrogen) atoms. The summed E-state index contributed by atoms with van der Waals surface area (Å²) in [6.45, 7) is 7.93. The zero-order valence-electron chi connectivity index (χ0n) is 11.2. The molecule has 0 aromatic carbocycles. The minimum atomic E-state index is -0.905. The van der Waals surface area contributed by atoms with E-state index < -0.39 is 5.97 Å². The number of furan rings is 1. The number of rotatable bonds is 5. The molecule has 1 aromatic rings. The lowest BCUT2D eigenvalue weighted by molar-refractivity contribution is -0.137. The summed E-state index contributed by atoms with van der Waals surface area (Å²) in [6.07, 6.45) is -0.0471. The van der Waals surface area contributed by atoms with Gasteiger partial charge >= 0.3 is 5.97 Å². The molecule has 0 aliphatic carbocycles. The van der Waals surface area contributed by atoms with E-state index >= 15 is 0 Å². The van der Waals surface area contributed by atoms with Gasteiger partial charge < -0.3 is 14.4 Å². The smallest absolute Gasteiger partial charge is 0.305 e. The van der Waals surface area contributed by atoms with E-state index in [0.29, 0.717) is 17.9 Å². The van der Waals surface area contributed by atoms with Gasteiger partial charge in [0.25, 0.3) is 5.91 Å². The van der Waals surface area contributed by atoms with E-state index in [4.69, 9.17) is 9.52 Å². The average Bonchev–Trinajstić information content (AvgIpc) is 2.53. The standard InChI is InChI=1S/C13H19NO4/c1-5-14(7-6-11(15)16)13(17)12-8(2)9(3)18-10(12)4/h5-7H2,1-4H3,(H,15,16). The molecule has 100 valence electrons. The first-order valence-electron chi connectivity index (χ1n) is 5.96. The number of aliphatic carboxylic acids is 1.